The van der Waals surface area contributed by atoms with E-state index in [9.17, 15) is 14.4 Å². The summed E-state index contributed by atoms with van der Waals surface area (Å²) in [6.45, 7) is 1.62. The van der Waals surface area contributed by atoms with E-state index < -0.39 is 11.8 Å². The molecule has 0 aliphatic heterocycles. The van der Waals surface area contributed by atoms with Crippen molar-refractivity contribution in [3.8, 4) is 5.75 Å². The molecule has 0 atom stereocenters. The monoisotopic (exact) mass is 422 g/mol. The lowest BCUT2D eigenvalue weighted by molar-refractivity contribution is -0.123. The van der Waals surface area contributed by atoms with Gasteiger partial charge in [0.1, 0.15) is 5.75 Å². The zero-order chi connectivity index (χ0) is 21.5. The first-order chi connectivity index (χ1) is 14.4. The molecule has 152 valence electrons. The SMILES string of the molecule is Cc1ccc(C(=O)NNC(=O)COc2ccc(C(=O)c3ccc(Cl)cc3)cc2)cc1. The number of benzene rings is 3. The molecule has 0 saturated heterocycles. The molecule has 3 rings (SSSR count). The minimum absolute atomic E-state index is 0.144. The quantitative estimate of drug-likeness (QED) is 0.468. The molecular weight excluding hydrogens is 404 g/mol. The van der Waals surface area contributed by atoms with Gasteiger partial charge in [-0.15, -0.1) is 0 Å². The number of aryl methyl sites for hydroxylation is 1. The number of hydrogen-bond acceptors (Lipinski definition) is 4. The van der Waals surface area contributed by atoms with Crippen molar-refractivity contribution in [3.63, 3.8) is 0 Å². The van der Waals surface area contributed by atoms with Gasteiger partial charge in [-0.3, -0.25) is 25.2 Å². The summed E-state index contributed by atoms with van der Waals surface area (Å²) in [5.74, 6) is -0.664. The summed E-state index contributed by atoms with van der Waals surface area (Å²) >= 11 is 5.84. The van der Waals surface area contributed by atoms with E-state index in [2.05, 4.69) is 10.9 Å². The van der Waals surface area contributed by atoms with Gasteiger partial charge in [-0.25, -0.2) is 0 Å². The Hall–Kier alpha value is -3.64. The number of hydrogen-bond donors (Lipinski definition) is 2. The maximum atomic E-state index is 12.4. The first-order valence-electron chi connectivity index (χ1n) is 9.11. The van der Waals surface area contributed by atoms with Crippen molar-refractivity contribution in [3.05, 3.63) is 100 Å². The fourth-order valence-corrected chi connectivity index (χ4v) is 2.68. The Labute approximate surface area is 178 Å². The number of halogens is 1. The summed E-state index contributed by atoms with van der Waals surface area (Å²) in [6, 6.07) is 20.0. The lowest BCUT2D eigenvalue weighted by Crippen LogP contribution is -2.43. The van der Waals surface area contributed by atoms with Crippen molar-refractivity contribution in [2.24, 2.45) is 0 Å². The van der Waals surface area contributed by atoms with Crippen LogP contribution in [0.4, 0.5) is 0 Å². The molecule has 6 nitrogen and oxygen atoms in total. The van der Waals surface area contributed by atoms with Crippen molar-refractivity contribution in [2.45, 2.75) is 6.92 Å². The first kappa shape index (κ1) is 21.1. The average Bonchev–Trinajstić information content (AvgIpc) is 2.77. The molecular formula is C23H19ClN2O4. The van der Waals surface area contributed by atoms with Crippen LogP contribution in [0.15, 0.2) is 72.8 Å². The zero-order valence-corrected chi connectivity index (χ0v) is 16.9. The molecule has 3 aromatic rings. The Morgan fingerprint density at radius 3 is 1.90 bits per heavy atom. The Balaban J connectivity index is 1.48. The maximum Gasteiger partial charge on any atom is 0.276 e. The highest BCUT2D eigenvalue weighted by atomic mass is 35.5. The van der Waals surface area contributed by atoms with Gasteiger partial charge < -0.3 is 4.74 Å². The van der Waals surface area contributed by atoms with Crippen LogP contribution in [0, 0.1) is 6.92 Å². The molecule has 0 fully saturated rings. The van der Waals surface area contributed by atoms with Crippen LogP contribution >= 0.6 is 11.6 Å². The number of ether oxygens (including phenoxy) is 1. The molecule has 2 amide bonds. The lowest BCUT2D eigenvalue weighted by atomic mass is 10.0. The highest BCUT2D eigenvalue weighted by molar-refractivity contribution is 6.30. The molecule has 0 saturated carbocycles. The third-order valence-corrected chi connectivity index (χ3v) is 4.47. The minimum Gasteiger partial charge on any atom is -0.484 e. The smallest absolute Gasteiger partial charge is 0.276 e. The summed E-state index contributed by atoms with van der Waals surface area (Å²) in [4.78, 5) is 36.3. The van der Waals surface area contributed by atoms with Crippen molar-refractivity contribution in [2.75, 3.05) is 6.61 Å². The van der Waals surface area contributed by atoms with Crippen LogP contribution in [0.2, 0.25) is 5.02 Å². The van der Waals surface area contributed by atoms with E-state index in [0.717, 1.165) is 5.56 Å². The third kappa shape index (κ3) is 5.68. The molecule has 30 heavy (non-hydrogen) atoms. The topological polar surface area (TPSA) is 84.5 Å². The van der Waals surface area contributed by atoms with E-state index in [1.807, 2.05) is 6.92 Å². The predicted octanol–water partition coefficient (Wildman–Crippen LogP) is 3.72. The van der Waals surface area contributed by atoms with Crippen LogP contribution in [0.5, 0.6) is 5.75 Å². The Morgan fingerprint density at radius 2 is 1.30 bits per heavy atom. The third-order valence-electron chi connectivity index (χ3n) is 4.22. The fourth-order valence-electron chi connectivity index (χ4n) is 2.56. The van der Waals surface area contributed by atoms with Crippen molar-refractivity contribution in [1.29, 1.82) is 0 Å². The van der Waals surface area contributed by atoms with Gasteiger partial charge in [-0.05, 0) is 67.6 Å². The maximum absolute atomic E-state index is 12.4. The fraction of sp³-hybridized carbons (Fsp3) is 0.0870. The molecule has 0 bridgehead atoms. The largest absolute Gasteiger partial charge is 0.484 e. The van der Waals surface area contributed by atoms with Gasteiger partial charge in [0, 0.05) is 21.7 Å². The van der Waals surface area contributed by atoms with Crippen LogP contribution in [-0.4, -0.2) is 24.2 Å². The highest BCUT2D eigenvalue weighted by Crippen LogP contribution is 2.17. The summed E-state index contributed by atoms with van der Waals surface area (Å²) in [5, 5.41) is 0.559. The number of amides is 2. The van der Waals surface area contributed by atoms with E-state index in [-0.39, 0.29) is 12.4 Å². The normalized spacial score (nSPS) is 10.2. The van der Waals surface area contributed by atoms with E-state index >= 15 is 0 Å². The van der Waals surface area contributed by atoms with E-state index in [0.29, 0.717) is 27.5 Å². The second-order valence-corrected chi connectivity index (χ2v) is 6.95. The molecule has 2 N–H and O–H groups in total. The second-order valence-electron chi connectivity index (χ2n) is 6.52. The van der Waals surface area contributed by atoms with Gasteiger partial charge in [-0.1, -0.05) is 29.3 Å². The first-order valence-corrected chi connectivity index (χ1v) is 9.49. The van der Waals surface area contributed by atoms with Gasteiger partial charge in [0.25, 0.3) is 11.8 Å². The zero-order valence-electron chi connectivity index (χ0n) is 16.1. The van der Waals surface area contributed by atoms with Crippen LogP contribution in [-0.2, 0) is 4.79 Å². The summed E-state index contributed by atoms with van der Waals surface area (Å²) in [5.41, 5.74) is 7.10. The van der Waals surface area contributed by atoms with Crippen LogP contribution in [0.25, 0.3) is 0 Å². The molecule has 0 radical (unpaired) electrons. The number of hydrazine groups is 1. The van der Waals surface area contributed by atoms with E-state index in [1.165, 1.54) is 0 Å². The van der Waals surface area contributed by atoms with Gasteiger partial charge in [0.15, 0.2) is 12.4 Å². The average molecular weight is 423 g/mol. The molecule has 0 spiro atoms. The second kappa shape index (κ2) is 9.71. The summed E-state index contributed by atoms with van der Waals surface area (Å²) in [7, 11) is 0. The van der Waals surface area contributed by atoms with Gasteiger partial charge >= 0.3 is 0 Å². The van der Waals surface area contributed by atoms with Crippen molar-refractivity contribution in [1.82, 2.24) is 10.9 Å². The summed E-state index contributed by atoms with van der Waals surface area (Å²) < 4.78 is 5.39. The Bertz CT molecular complexity index is 1050. The molecule has 7 heteroatoms. The van der Waals surface area contributed by atoms with Crippen LogP contribution in [0.3, 0.4) is 0 Å². The van der Waals surface area contributed by atoms with Gasteiger partial charge in [0.05, 0.1) is 0 Å². The van der Waals surface area contributed by atoms with E-state index in [1.54, 1.807) is 72.8 Å². The number of carbonyl (C=O) groups excluding carboxylic acids is 3. The summed E-state index contributed by atoms with van der Waals surface area (Å²) in [6.07, 6.45) is 0. The van der Waals surface area contributed by atoms with Crippen molar-refractivity contribution >= 4 is 29.2 Å². The number of nitrogens with one attached hydrogen (secondary N) is 2. The standard InChI is InChI=1S/C23H19ClN2O4/c1-15-2-4-18(5-3-15)23(29)26-25-21(27)14-30-20-12-8-17(9-13-20)22(28)16-6-10-19(24)11-7-16/h2-13H,14H2,1H3,(H,25,27)(H,26,29). The number of ketones is 1. The molecule has 0 aliphatic carbocycles. The highest BCUT2D eigenvalue weighted by Gasteiger charge is 2.10. The molecule has 0 aromatic heterocycles. The van der Waals surface area contributed by atoms with Gasteiger partial charge in [0.2, 0.25) is 0 Å². The van der Waals surface area contributed by atoms with Crippen LogP contribution < -0.4 is 15.6 Å². The van der Waals surface area contributed by atoms with Gasteiger partial charge in [-0.2, -0.15) is 0 Å². The molecule has 0 unspecified atom stereocenters. The number of rotatable bonds is 6. The minimum atomic E-state index is -0.517. The molecule has 3 aromatic carbocycles. The number of carbonyl (C=O) groups is 3. The van der Waals surface area contributed by atoms with Crippen molar-refractivity contribution < 1.29 is 19.1 Å². The lowest BCUT2D eigenvalue weighted by Gasteiger charge is -2.09. The van der Waals surface area contributed by atoms with Crippen LogP contribution in [0.1, 0.15) is 31.8 Å². The Morgan fingerprint density at radius 1 is 0.767 bits per heavy atom. The Kier molecular flexibility index (Phi) is 6.83. The molecule has 0 heterocycles. The molecule has 0 aliphatic rings. The predicted molar refractivity (Wildman–Crippen MR) is 114 cm³/mol. The van der Waals surface area contributed by atoms with E-state index in [4.69, 9.17) is 16.3 Å².